The lowest BCUT2D eigenvalue weighted by molar-refractivity contribution is -0.142. The van der Waals surface area contributed by atoms with Crippen LogP contribution in [0.4, 0.5) is 0 Å². The monoisotopic (exact) mass is 279 g/mol. The van der Waals surface area contributed by atoms with Gasteiger partial charge in [0.2, 0.25) is 0 Å². The summed E-state index contributed by atoms with van der Waals surface area (Å²) in [6, 6.07) is 4.84. The molecule has 0 saturated heterocycles. The van der Waals surface area contributed by atoms with Crippen LogP contribution < -0.4 is 5.32 Å². The van der Waals surface area contributed by atoms with E-state index in [1.807, 2.05) is 18.2 Å². The second kappa shape index (κ2) is 6.35. The highest BCUT2D eigenvalue weighted by molar-refractivity contribution is 5.74. The van der Waals surface area contributed by atoms with E-state index in [0.29, 0.717) is 0 Å². The van der Waals surface area contributed by atoms with Crippen LogP contribution in [0.3, 0.4) is 0 Å². The molecule has 20 heavy (non-hydrogen) atoms. The van der Waals surface area contributed by atoms with Gasteiger partial charge in [0, 0.05) is 6.54 Å². The molecule has 1 aliphatic carbocycles. The molecule has 5 heteroatoms. The summed E-state index contributed by atoms with van der Waals surface area (Å²) in [6.07, 6.45) is 1.49. The van der Waals surface area contributed by atoms with Crippen molar-refractivity contribution < 1.29 is 20.1 Å². The average Bonchev–Trinajstić information content (AvgIpc) is 2.84. The summed E-state index contributed by atoms with van der Waals surface area (Å²) >= 11 is 0. The van der Waals surface area contributed by atoms with E-state index in [2.05, 4.69) is 5.32 Å². The van der Waals surface area contributed by atoms with Gasteiger partial charge >= 0.3 is 5.97 Å². The normalized spacial score (nSPS) is 18.4. The lowest BCUT2D eigenvalue weighted by Gasteiger charge is -2.20. The number of aliphatic hydroxyl groups excluding tert-OH is 2. The van der Waals surface area contributed by atoms with Crippen LogP contribution in [-0.2, 0) is 17.6 Å². The number of aliphatic hydroxyl groups is 2. The molecule has 0 bridgehead atoms. The summed E-state index contributed by atoms with van der Waals surface area (Å²) in [6.45, 7) is 1.51. The lowest BCUT2D eigenvalue weighted by atomic mass is 10.0. The first kappa shape index (κ1) is 15.0. The van der Waals surface area contributed by atoms with Gasteiger partial charge < -0.3 is 15.3 Å². The summed E-state index contributed by atoms with van der Waals surface area (Å²) in [5.41, 5.74) is 3.39. The van der Waals surface area contributed by atoms with Crippen LogP contribution in [0.25, 0.3) is 0 Å². The van der Waals surface area contributed by atoms with Crippen molar-refractivity contribution >= 4 is 5.97 Å². The van der Waals surface area contributed by atoms with Crippen LogP contribution in [0.2, 0.25) is 0 Å². The number of carboxylic acid groups (broad SMARTS) is 1. The molecule has 0 aliphatic heterocycles. The number of hydrogen-bond acceptors (Lipinski definition) is 4. The molecule has 4 N–H and O–H groups in total. The smallest absolute Gasteiger partial charge is 0.323 e. The molecule has 0 amide bonds. The number of rotatable bonds is 6. The van der Waals surface area contributed by atoms with Crippen LogP contribution in [0, 0.1) is 0 Å². The third-order valence-corrected chi connectivity index (χ3v) is 3.79. The Morgan fingerprint density at radius 2 is 2.00 bits per heavy atom. The fourth-order valence-electron chi connectivity index (χ4n) is 2.62. The summed E-state index contributed by atoms with van der Waals surface area (Å²) in [5, 5.41) is 31.1. The highest BCUT2D eigenvalue weighted by Gasteiger charge is 2.23. The molecule has 2 rings (SSSR count). The quantitative estimate of drug-likeness (QED) is 0.613. The van der Waals surface area contributed by atoms with Gasteiger partial charge in [-0.05, 0) is 42.9 Å². The van der Waals surface area contributed by atoms with Crippen molar-refractivity contribution in [1.29, 1.82) is 0 Å². The van der Waals surface area contributed by atoms with Crippen LogP contribution in [-0.4, -0.2) is 40.0 Å². The van der Waals surface area contributed by atoms with Gasteiger partial charge in [0.1, 0.15) is 6.04 Å². The number of hydrogen-bond donors (Lipinski definition) is 4. The number of aryl methyl sites for hydroxylation is 2. The first-order chi connectivity index (χ1) is 9.49. The molecule has 5 nitrogen and oxygen atoms in total. The largest absolute Gasteiger partial charge is 0.480 e. The molecule has 110 valence electrons. The number of carboxylic acids is 1. The summed E-state index contributed by atoms with van der Waals surface area (Å²) in [4.78, 5) is 10.9. The van der Waals surface area contributed by atoms with Gasteiger partial charge in [-0.15, -0.1) is 0 Å². The van der Waals surface area contributed by atoms with Gasteiger partial charge in [-0.2, -0.15) is 0 Å². The molecule has 1 aliphatic rings. The Labute approximate surface area is 118 Å². The Morgan fingerprint density at radius 3 is 2.65 bits per heavy atom. The van der Waals surface area contributed by atoms with E-state index >= 15 is 0 Å². The van der Waals surface area contributed by atoms with E-state index in [9.17, 15) is 15.0 Å². The zero-order valence-electron chi connectivity index (χ0n) is 11.5. The topological polar surface area (TPSA) is 89.8 Å². The Morgan fingerprint density at radius 1 is 1.30 bits per heavy atom. The number of nitrogens with one attached hydrogen (secondary N) is 1. The van der Waals surface area contributed by atoms with Gasteiger partial charge in [0.25, 0.3) is 0 Å². The van der Waals surface area contributed by atoms with Crippen LogP contribution in [0.15, 0.2) is 18.2 Å². The lowest BCUT2D eigenvalue weighted by Crippen LogP contribution is -2.46. The standard InChI is InChI=1S/C15H21NO4/c1-9(17)14(15(19)20)16-8-13(18)12-6-5-10-3-2-4-11(10)7-12/h5-7,9,13-14,16-18H,2-4,8H2,1H3,(H,19,20). The fraction of sp³-hybridized carbons (Fsp3) is 0.533. The second-order valence-electron chi connectivity index (χ2n) is 5.36. The van der Waals surface area contributed by atoms with Crippen molar-refractivity contribution in [2.75, 3.05) is 6.54 Å². The van der Waals surface area contributed by atoms with Crippen LogP contribution >= 0.6 is 0 Å². The molecule has 1 aromatic carbocycles. The van der Waals surface area contributed by atoms with Crippen molar-refractivity contribution in [2.45, 2.75) is 44.4 Å². The number of carbonyl (C=O) groups is 1. The molecule has 0 heterocycles. The maximum Gasteiger partial charge on any atom is 0.323 e. The van der Waals surface area contributed by atoms with Gasteiger partial charge in [0.15, 0.2) is 0 Å². The predicted octanol–water partition coefficient (Wildman–Crippen LogP) is 0.632. The molecule has 3 atom stereocenters. The van der Waals surface area contributed by atoms with Crippen molar-refractivity contribution in [3.05, 3.63) is 34.9 Å². The van der Waals surface area contributed by atoms with E-state index in [1.54, 1.807) is 0 Å². The summed E-state index contributed by atoms with van der Waals surface area (Å²) in [5.74, 6) is -1.12. The third-order valence-electron chi connectivity index (χ3n) is 3.79. The Bertz CT molecular complexity index is 487. The van der Waals surface area contributed by atoms with E-state index in [4.69, 9.17) is 5.11 Å². The van der Waals surface area contributed by atoms with Gasteiger partial charge in [-0.25, -0.2) is 0 Å². The van der Waals surface area contributed by atoms with Gasteiger partial charge in [0.05, 0.1) is 12.2 Å². The minimum absolute atomic E-state index is 0.0979. The van der Waals surface area contributed by atoms with Crippen molar-refractivity contribution in [3.8, 4) is 0 Å². The first-order valence-electron chi connectivity index (χ1n) is 6.93. The Kier molecular flexibility index (Phi) is 4.75. The molecule has 3 unspecified atom stereocenters. The highest BCUT2D eigenvalue weighted by atomic mass is 16.4. The average molecular weight is 279 g/mol. The molecular weight excluding hydrogens is 258 g/mol. The van der Waals surface area contributed by atoms with Crippen LogP contribution in [0.5, 0.6) is 0 Å². The molecular formula is C15H21NO4. The van der Waals surface area contributed by atoms with E-state index in [1.165, 1.54) is 18.1 Å². The minimum Gasteiger partial charge on any atom is -0.480 e. The van der Waals surface area contributed by atoms with E-state index in [-0.39, 0.29) is 6.54 Å². The highest BCUT2D eigenvalue weighted by Crippen LogP contribution is 2.25. The van der Waals surface area contributed by atoms with Crippen LogP contribution in [0.1, 0.15) is 36.1 Å². The van der Waals surface area contributed by atoms with E-state index in [0.717, 1.165) is 24.8 Å². The second-order valence-corrected chi connectivity index (χ2v) is 5.36. The maximum atomic E-state index is 10.9. The van der Waals surface area contributed by atoms with Crippen molar-refractivity contribution in [3.63, 3.8) is 0 Å². The molecule has 0 saturated carbocycles. The third kappa shape index (κ3) is 3.36. The Balaban J connectivity index is 1.98. The fourth-order valence-corrected chi connectivity index (χ4v) is 2.62. The van der Waals surface area contributed by atoms with Gasteiger partial charge in [-0.1, -0.05) is 18.2 Å². The maximum absolute atomic E-state index is 10.9. The Hall–Kier alpha value is -1.43. The molecule has 0 spiro atoms. The molecule has 0 radical (unpaired) electrons. The molecule has 0 aromatic heterocycles. The van der Waals surface area contributed by atoms with Gasteiger partial charge in [-0.3, -0.25) is 10.1 Å². The summed E-state index contributed by atoms with van der Waals surface area (Å²) in [7, 11) is 0. The van der Waals surface area contributed by atoms with Crippen molar-refractivity contribution in [1.82, 2.24) is 5.32 Å². The first-order valence-corrected chi connectivity index (χ1v) is 6.93. The number of fused-ring (bicyclic) bond motifs is 1. The minimum atomic E-state index is -1.12. The zero-order chi connectivity index (χ0) is 14.7. The van der Waals surface area contributed by atoms with E-state index < -0.39 is 24.2 Å². The molecule has 1 aromatic rings. The molecule has 0 fully saturated rings. The number of benzene rings is 1. The summed E-state index contributed by atoms with van der Waals surface area (Å²) < 4.78 is 0. The number of aliphatic carboxylic acids is 1. The SMILES string of the molecule is CC(O)C(NCC(O)c1ccc2c(c1)CCC2)C(=O)O. The zero-order valence-corrected chi connectivity index (χ0v) is 11.5. The predicted molar refractivity (Wildman–Crippen MR) is 74.5 cm³/mol. The van der Waals surface area contributed by atoms with Crippen molar-refractivity contribution in [2.24, 2.45) is 0 Å².